The van der Waals surface area contributed by atoms with Crippen molar-refractivity contribution in [3.05, 3.63) is 51.2 Å². The number of piperazine rings is 1. The molecule has 1 amide bonds. The van der Waals surface area contributed by atoms with Gasteiger partial charge in [-0.3, -0.25) is 4.79 Å². The van der Waals surface area contributed by atoms with Crippen LogP contribution in [0.4, 0.5) is 13.2 Å². The summed E-state index contributed by atoms with van der Waals surface area (Å²) < 4.78 is 65.4. The fourth-order valence-electron chi connectivity index (χ4n) is 3.70. The average molecular weight is 445 g/mol. The van der Waals surface area contributed by atoms with Gasteiger partial charge in [-0.05, 0) is 49.1 Å². The van der Waals surface area contributed by atoms with E-state index in [9.17, 15) is 26.4 Å². The van der Waals surface area contributed by atoms with Crippen LogP contribution < -0.4 is 0 Å². The van der Waals surface area contributed by atoms with Crippen LogP contribution in [0.2, 0.25) is 0 Å². The Labute approximate surface area is 170 Å². The summed E-state index contributed by atoms with van der Waals surface area (Å²) in [5.74, 6) is -0.111. The minimum absolute atomic E-state index is 0.0510. The highest BCUT2D eigenvalue weighted by atomic mass is 32.2. The lowest BCUT2D eigenvalue weighted by molar-refractivity contribution is -0.137. The van der Waals surface area contributed by atoms with Crippen LogP contribution >= 0.6 is 11.3 Å². The van der Waals surface area contributed by atoms with E-state index in [1.54, 1.807) is 4.90 Å². The third kappa shape index (κ3) is 3.93. The lowest BCUT2D eigenvalue weighted by atomic mass is 10.2. The first kappa shape index (κ1) is 20.4. The molecule has 2 heterocycles. The van der Waals surface area contributed by atoms with Crippen molar-refractivity contribution in [3.8, 4) is 0 Å². The standard InChI is InChI=1S/C19H19F3N2O3S2/c20-19(21,22)14-4-2-5-15(12-14)29(26,27)24-9-7-23(8-10-24)18(25)17-11-13-3-1-6-16(13)28-17/h2,4-5,11-12H,1,3,6-10H2. The highest BCUT2D eigenvalue weighted by Gasteiger charge is 2.35. The van der Waals surface area contributed by atoms with Gasteiger partial charge >= 0.3 is 6.18 Å². The number of carbonyl (C=O) groups is 1. The number of benzene rings is 1. The first-order valence-electron chi connectivity index (χ1n) is 9.24. The zero-order valence-electron chi connectivity index (χ0n) is 15.4. The second-order valence-electron chi connectivity index (χ2n) is 7.13. The van der Waals surface area contributed by atoms with Gasteiger partial charge in [0.1, 0.15) is 0 Å². The van der Waals surface area contributed by atoms with E-state index in [1.165, 1.54) is 21.8 Å². The van der Waals surface area contributed by atoms with E-state index in [-0.39, 0.29) is 37.0 Å². The van der Waals surface area contributed by atoms with E-state index >= 15 is 0 Å². The summed E-state index contributed by atoms with van der Waals surface area (Å²) in [7, 11) is -4.06. The fraction of sp³-hybridized carbons (Fsp3) is 0.421. The average Bonchev–Trinajstić information content (AvgIpc) is 3.29. The molecule has 1 aromatic carbocycles. The summed E-state index contributed by atoms with van der Waals surface area (Å²) in [6.45, 7) is 0.518. The van der Waals surface area contributed by atoms with Crippen LogP contribution in [0, 0.1) is 0 Å². The second-order valence-corrected chi connectivity index (χ2v) is 10.2. The van der Waals surface area contributed by atoms with Crippen LogP contribution in [0.5, 0.6) is 0 Å². The Hall–Kier alpha value is -1.91. The fourth-order valence-corrected chi connectivity index (χ4v) is 6.39. The van der Waals surface area contributed by atoms with Gasteiger partial charge in [-0.25, -0.2) is 8.42 Å². The molecule has 0 spiro atoms. The quantitative estimate of drug-likeness (QED) is 0.729. The molecule has 1 saturated heterocycles. The van der Waals surface area contributed by atoms with Gasteiger partial charge in [0, 0.05) is 31.1 Å². The van der Waals surface area contributed by atoms with Gasteiger partial charge < -0.3 is 4.90 Å². The molecule has 1 fully saturated rings. The number of sulfonamides is 1. The van der Waals surface area contributed by atoms with E-state index in [1.807, 2.05) is 6.07 Å². The van der Waals surface area contributed by atoms with Crippen molar-refractivity contribution in [2.45, 2.75) is 30.3 Å². The monoisotopic (exact) mass is 444 g/mol. The van der Waals surface area contributed by atoms with Gasteiger partial charge in [0.15, 0.2) is 0 Å². The Balaban J connectivity index is 1.45. The number of rotatable bonds is 3. The molecule has 2 aliphatic rings. The largest absolute Gasteiger partial charge is 0.416 e. The topological polar surface area (TPSA) is 57.7 Å². The Morgan fingerprint density at radius 1 is 1.03 bits per heavy atom. The minimum Gasteiger partial charge on any atom is -0.335 e. The number of aryl methyl sites for hydroxylation is 2. The number of carbonyl (C=O) groups excluding carboxylic acids is 1. The summed E-state index contributed by atoms with van der Waals surface area (Å²) >= 11 is 1.50. The van der Waals surface area contributed by atoms with E-state index < -0.39 is 21.8 Å². The Morgan fingerprint density at radius 2 is 1.76 bits per heavy atom. The molecule has 156 valence electrons. The Bertz CT molecular complexity index is 1020. The first-order valence-corrected chi connectivity index (χ1v) is 11.5. The number of amides is 1. The molecule has 1 aliphatic heterocycles. The molecular formula is C19H19F3N2O3S2. The van der Waals surface area contributed by atoms with Crippen LogP contribution in [-0.4, -0.2) is 49.7 Å². The second kappa shape index (κ2) is 7.41. The number of hydrogen-bond donors (Lipinski definition) is 0. The molecule has 0 bridgehead atoms. The SMILES string of the molecule is O=C(c1cc2c(s1)CCC2)N1CCN(S(=O)(=O)c2cccc(C(F)(F)F)c2)CC1. The predicted molar refractivity (Wildman–Crippen MR) is 102 cm³/mol. The van der Waals surface area contributed by atoms with E-state index in [0.29, 0.717) is 10.9 Å². The molecule has 4 rings (SSSR count). The highest BCUT2D eigenvalue weighted by Crippen LogP contribution is 2.33. The molecule has 0 atom stereocenters. The van der Waals surface area contributed by atoms with Crippen molar-refractivity contribution in [2.24, 2.45) is 0 Å². The minimum atomic E-state index is -4.61. The van der Waals surface area contributed by atoms with Crippen LogP contribution in [0.3, 0.4) is 0 Å². The van der Waals surface area contributed by atoms with E-state index in [4.69, 9.17) is 0 Å². The van der Waals surface area contributed by atoms with Gasteiger partial charge in [0.2, 0.25) is 10.0 Å². The Kier molecular flexibility index (Phi) is 5.20. The number of alkyl halides is 3. The molecular weight excluding hydrogens is 425 g/mol. The van der Waals surface area contributed by atoms with Gasteiger partial charge in [-0.1, -0.05) is 6.07 Å². The molecule has 2 aromatic rings. The zero-order valence-corrected chi connectivity index (χ0v) is 17.0. The van der Waals surface area contributed by atoms with Gasteiger partial charge in [-0.2, -0.15) is 17.5 Å². The molecule has 1 aliphatic carbocycles. The molecule has 0 unspecified atom stereocenters. The maximum absolute atomic E-state index is 12.9. The zero-order chi connectivity index (χ0) is 20.8. The molecule has 0 N–H and O–H groups in total. The summed E-state index contributed by atoms with van der Waals surface area (Å²) in [6.07, 6.45) is -1.52. The molecule has 0 radical (unpaired) electrons. The Morgan fingerprint density at radius 3 is 2.41 bits per heavy atom. The third-order valence-corrected chi connectivity index (χ3v) is 8.40. The van der Waals surface area contributed by atoms with Gasteiger partial charge in [0.05, 0.1) is 15.3 Å². The van der Waals surface area contributed by atoms with Gasteiger partial charge in [-0.15, -0.1) is 11.3 Å². The van der Waals surface area contributed by atoms with Crippen molar-refractivity contribution < 1.29 is 26.4 Å². The normalized spacial score (nSPS) is 18.1. The lowest BCUT2D eigenvalue weighted by Gasteiger charge is -2.33. The summed E-state index contributed by atoms with van der Waals surface area (Å²) in [5.41, 5.74) is 0.224. The van der Waals surface area contributed by atoms with Crippen molar-refractivity contribution in [1.29, 1.82) is 0 Å². The smallest absolute Gasteiger partial charge is 0.335 e. The summed E-state index contributed by atoms with van der Waals surface area (Å²) in [4.78, 5) is 15.9. The molecule has 29 heavy (non-hydrogen) atoms. The van der Waals surface area contributed by atoms with Crippen LogP contribution in [-0.2, 0) is 29.0 Å². The van der Waals surface area contributed by atoms with E-state index in [0.717, 1.165) is 41.8 Å². The third-order valence-electron chi connectivity index (χ3n) is 5.28. The molecule has 10 heteroatoms. The predicted octanol–water partition coefficient (Wildman–Crippen LogP) is 3.40. The number of fused-ring (bicyclic) bond motifs is 1. The first-order chi connectivity index (χ1) is 13.7. The molecule has 0 saturated carbocycles. The summed E-state index contributed by atoms with van der Waals surface area (Å²) in [5, 5.41) is 0. The summed E-state index contributed by atoms with van der Waals surface area (Å²) in [6, 6.07) is 5.68. The van der Waals surface area contributed by atoms with Crippen molar-refractivity contribution >= 4 is 27.3 Å². The van der Waals surface area contributed by atoms with E-state index in [2.05, 4.69) is 0 Å². The number of hydrogen-bond acceptors (Lipinski definition) is 4. The van der Waals surface area contributed by atoms with Crippen LogP contribution in [0.1, 0.15) is 32.1 Å². The van der Waals surface area contributed by atoms with Gasteiger partial charge in [0.25, 0.3) is 5.91 Å². The highest BCUT2D eigenvalue weighted by molar-refractivity contribution is 7.89. The van der Waals surface area contributed by atoms with Crippen LogP contribution in [0.15, 0.2) is 35.2 Å². The number of halogens is 3. The van der Waals surface area contributed by atoms with Crippen LogP contribution in [0.25, 0.3) is 0 Å². The number of thiophene rings is 1. The molecule has 1 aromatic heterocycles. The maximum Gasteiger partial charge on any atom is 0.416 e. The lowest BCUT2D eigenvalue weighted by Crippen LogP contribution is -2.50. The van der Waals surface area contributed by atoms with Crippen molar-refractivity contribution in [3.63, 3.8) is 0 Å². The number of nitrogens with zero attached hydrogens (tertiary/aromatic N) is 2. The van der Waals surface area contributed by atoms with Crippen molar-refractivity contribution in [1.82, 2.24) is 9.21 Å². The van der Waals surface area contributed by atoms with Crippen molar-refractivity contribution in [2.75, 3.05) is 26.2 Å². The maximum atomic E-state index is 12.9. The molecule has 5 nitrogen and oxygen atoms in total.